The van der Waals surface area contributed by atoms with Crippen LogP contribution >= 0.6 is 15.9 Å². The molecule has 1 fully saturated rings. The van der Waals surface area contributed by atoms with Crippen LogP contribution in [-0.4, -0.2) is 14.6 Å². The fourth-order valence-electron chi connectivity index (χ4n) is 2.94. The molecule has 1 aromatic carbocycles. The lowest BCUT2D eigenvalue weighted by Crippen LogP contribution is -2.22. The number of rotatable bonds is 2. The van der Waals surface area contributed by atoms with Gasteiger partial charge < -0.3 is 0 Å². The van der Waals surface area contributed by atoms with E-state index in [9.17, 15) is 0 Å². The van der Waals surface area contributed by atoms with Crippen molar-refractivity contribution < 1.29 is 0 Å². The van der Waals surface area contributed by atoms with Crippen LogP contribution in [0, 0.1) is 0 Å². The average Bonchev–Trinajstić information content (AvgIpc) is 2.98. The van der Waals surface area contributed by atoms with Crippen LogP contribution in [0.5, 0.6) is 0 Å². The largest absolute Gasteiger partial charge is 0.237 e. The van der Waals surface area contributed by atoms with E-state index in [1.165, 1.54) is 25.0 Å². The third-order valence-corrected chi connectivity index (χ3v) is 4.72. The Morgan fingerprint density at radius 2 is 2.06 bits per heavy atom. The zero-order valence-electron chi connectivity index (χ0n) is 10.5. The maximum atomic E-state index is 4.50. The molecule has 0 aliphatic heterocycles. The molecule has 0 saturated heterocycles. The third-order valence-electron chi connectivity index (χ3n) is 3.94. The number of hydrogen-bond acceptors (Lipinski definition) is 1. The summed E-state index contributed by atoms with van der Waals surface area (Å²) < 4.78 is 2.09. The highest BCUT2D eigenvalue weighted by molar-refractivity contribution is 9.09. The molecule has 94 valence electrons. The molecule has 1 aliphatic rings. The molecule has 0 spiro atoms. The topological polar surface area (TPSA) is 17.8 Å². The fourth-order valence-corrected chi connectivity index (χ4v) is 3.88. The van der Waals surface area contributed by atoms with Crippen molar-refractivity contribution >= 4 is 15.9 Å². The maximum absolute atomic E-state index is 4.50. The van der Waals surface area contributed by atoms with E-state index in [-0.39, 0.29) is 5.41 Å². The molecule has 3 rings (SSSR count). The Kier molecular flexibility index (Phi) is 3.02. The Balaban J connectivity index is 2.02. The summed E-state index contributed by atoms with van der Waals surface area (Å²) in [6, 6.07) is 12.5. The molecular formula is C15H17BrN2. The highest BCUT2D eigenvalue weighted by atomic mass is 79.9. The van der Waals surface area contributed by atoms with E-state index >= 15 is 0 Å². The number of benzene rings is 1. The molecule has 1 heterocycles. The molecule has 18 heavy (non-hydrogen) atoms. The summed E-state index contributed by atoms with van der Waals surface area (Å²) in [6.07, 6.45) is 5.57. The van der Waals surface area contributed by atoms with Gasteiger partial charge in [-0.05, 0) is 37.5 Å². The highest BCUT2D eigenvalue weighted by Gasteiger charge is 2.37. The Hall–Kier alpha value is -1.09. The van der Waals surface area contributed by atoms with Gasteiger partial charge in [-0.3, -0.25) is 0 Å². The van der Waals surface area contributed by atoms with Crippen molar-refractivity contribution in [2.45, 2.75) is 36.4 Å². The predicted molar refractivity (Wildman–Crippen MR) is 77.5 cm³/mol. The second kappa shape index (κ2) is 4.54. The minimum atomic E-state index is 0.237. The Labute approximate surface area is 116 Å². The van der Waals surface area contributed by atoms with Crippen LogP contribution in [0.25, 0.3) is 5.69 Å². The quantitative estimate of drug-likeness (QED) is 0.765. The minimum absolute atomic E-state index is 0.237. The van der Waals surface area contributed by atoms with E-state index < -0.39 is 0 Å². The van der Waals surface area contributed by atoms with Gasteiger partial charge in [0, 0.05) is 16.4 Å². The van der Waals surface area contributed by atoms with E-state index in [0.29, 0.717) is 4.83 Å². The van der Waals surface area contributed by atoms with Crippen molar-refractivity contribution in [2.75, 3.05) is 0 Å². The van der Waals surface area contributed by atoms with Gasteiger partial charge in [0.2, 0.25) is 0 Å². The van der Waals surface area contributed by atoms with Gasteiger partial charge in [-0.1, -0.05) is 41.1 Å². The maximum Gasteiger partial charge on any atom is 0.0649 e. The standard InChI is InChI=1S/C15H17BrN2/c1-15(9-7-12(16)11-15)14-8-10-17-18(14)13-5-3-2-4-6-13/h2-6,8,10,12H,7,9,11H2,1H3. The fraction of sp³-hybridized carbons (Fsp3) is 0.400. The van der Waals surface area contributed by atoms with Crippen LogP contribution < -0.4 is 0 Å². The van der Waals surface area contributed by atoms with E-state index in [1.807, 2.05) is 12.3 Å². The van der Waals surface area contributed by atoms with Crippen molar-refractivity contribution in [3.63, 3.8) is 0 Å². The van der Waals surface area contributed by atoms with Crippen LogP contribution in [0.2, 0.25) is 0 Å². The molecule has 0 bridgehead atoms. The second-order valence-corrected chi connectivity index (χ2v) is 6.66. The molecule has 1 aliphatic carbocycles. The number of halogens is 1. The zero-order chi connectivity index (χ0) is 12.6. The Bertz CT molecular complexity index is 534. The first-order valence-electron chi connectivity index (χ1n) is 6.43. The van der Waals surface area contributed by atoms with Gasteiger partial charge in [0.15, 0.2) is 0 Å². The molecular weight excluding hydrogens is 288 g/mol. The monoisotopic (exact) mass is 304 g/mol. The van der Waals surface area contributed by atoms with Crippen LogP contribution in [0.15, 0.2) is 42.6 Å². The molecule has 2 unspecified atom stereocenters. The van der Waals surface area contributed by atoms with Gasteiger partial charge >= 0.3 is 0 Å². The number of hydrogen-bond donors (Lipinski definition) is 0. The zero-order valence-corrected chi connectivity index (χ0v) is 12.1. The highest BCUT2D eigenvalue weighted by Crippen LogP contribution is 2.43. The van der Waals surface area contributed by atoms with E-state index in [4.69, 9.17) is 0 Å². The van der Waals surface area contributed by atoms with Crippen molar-refractivity contribution in [1.82, 2.24) is 9.78 Å². The number of aromatic nitrogens is 2. The van der Waals surface area contributed by atoms with Gasteiger partial charge in [-0.15, -0.1) is 0 Å². The SMILES string of the molecule is CC1(c2ccnn2-c2ccccc2)CCC(Br)C1. The first kappa shape index (κ1) is 12.0. The van der Waals surface area contributed by atoms with Crippen LogP contribution in [-0.2, 0) is 5.41 Å². The van der Waals surface area contributed by atoms with Gasteiger partial charge in [-0.2, -0.15) is 5.10 Å². The number of alkyl halides is 1. The van der Waals surface area contributed by atoms with E-state index in [1.54, 1.807) is 0 Å². The van der Waals surface area contributed by atoms with Crippen molar-refractivity contribution in [3.05, 3.63) is 48.3 Å². The molecule has 2 nitrogen and oxygen atoms in total. The van der Waals surface area contributed by atoms with Crippen LogP contribution in [0.3, 0.4) is 0 Å². The predicted octanol–water partition coefficient (Wildman–Crippen LogP) is 4.08. The molecule has 2 atom stereocenters. The van der Waals surface area contributed by atoms with Crippen LogP contribution in [0.1, 0.15) is 31.9 Å². The molecule has 1 saturated carbocycles. The van der Waals surface area contributed by atoms with E-state index in [0.717, 1.165) is 5.69 Å². The van der Waals surface area contributed by atoms with Gasteiger partial charge in [-0.25, -0.2) is 4.68 Å². The molecule has 0 N–H and O–H groups in total. The summed E-state index contributed by atoms with van der Waals surface area (Å²) in [5.41, 5.74) is 2.72. The number of nitrogens with zero attached hydrogens (tertiary/aromatic N) is 2. The molecule has 2 aromatic rings. The van der Waals surface area contributed by atoms with Gasteiger partial charge in [0.25, 0.3) is 0 Å². The summed E-state index contributed by atoms with van der Waals surface area (Å²) in [7, 11) is 0. The third kappa shape index (κ3) is 2.01. The minimum Gasteiger partial charge on any atom is -0.237 e. The normalized spacial score (nSPS) is 27.6. The molecule has 0 radical (unpaired) electrons. The van der Waals surface area contributed by atoms with Crippen LogP contribution in [0.4, 0.5) is 0 Å². The van der Waals surface area contributed by atoms with Crippen molar-refractivity contribution in [2.24, 2.45) is 0 Å². The summed E-state index contributed by atoms with van der Waals surface area (Å²) in [5.74, 6) is 0. The average molecular weight is 305 g/mol. The van der Waals surface area contributed by atoms with E-state index in [2.05, 4.69) is 63.0 Å². The lowest BCUT2D eigenvalue weighted by Gasteiger charge is -2.25. The van der Waals surface area contributed by atoms with Gasteiger partial charge in [0.1, 0.15) is 0 Å². The van der Waals surface area contributed by atoms with Crippen molar-refractivity contribution in [1.29, 1.82) is 0 Å². The number of para-hydroxylation sites is 1. The second-order valence-electron chi connectivity index (χ2n) is 5.36. The lowest BCUT2D eigenvalue weighted by atomic mass is 9.85. The summed E-state index contributed by atoms with van der Waals surface area (Å²) in [4.78, 5) is 0.640. The van der Waals surface area contributed by atoms with Crippen molar-refractivity contribution in [3.8, 4) is 5.69 Å². The molecule has 0 amide bonds. The molecule has 1 aromatic heterocycles. The summed E-state index contributed by atoms with van der Waals surface area (Å²) >= 11 is 3.75. The summed E-state index contributed by atoms with van der Waals surface area (Å²) in [5, 5.41) is 4.50. The lowest BCUT2D eigenvalue weighted by molar-refractivity contribution is 0.462. The Morgan fingerprint density at radius 1 is 1.28 bits per heavy atom. The summed E-state index contributed by atoms with van der Waals surface area (Å²) in [6.45, 7) is 2.35. The van der Waals surface area contributed by atoms with Gasteiger partial charge in [0.05, 0.1) is 11.4 Å². The smallest absolute Gasteiger partial charge is 0.0649 e. The Morgan fingerprint density at radius 3 is 2.72 bits per heavy atom. The molecule has 3 heteroatoms. The first-order valence-corrected chi connectivity index (χ1v) is 7.35. The first-order chi connectivity index (χ1) is 8.69.